The highest BCUT2D eigenvalue weighted by Gasteiger charge is 2.14. The zero-order valence-corrected chi connectivity index (χ0v) is 21.1. The van der Waals surface area contributed by atoms with Crippen LogP contribution in [0.2, 0.25) is 5.02 Å². The number of nitriles is 1. The molecule has 4 rings (SSSR count). The monoisotopic (exact) mass is 546 g/mol. The van der Waals surface area contributed by atoms with Crippen LogP contribution in [0.25, 0.3) is 16.8 Å². The van der Waals surface area contributed by atoms with Crippen molar-refractivity contribution < 1.29 is 14.3 Å². The number of hydrogen-bond donors (Lipinski definition) is 1. The molecule has 0 aliphatic heterocycles. The summed E-state index contributed by atoms with van der Waals surface area (Å²) in [6.07, 6.45) is 1.51. The van der Waals surface area contributed by atoms with Crippen molar-refractivity contribution in [2.24, 2.45) is 0 Å². The number of amides is 1. The summed E-state index contributed by atoms with van der Waals surface area (Å²) >= 11 is 9.55. The molecule has 0 radical (unpaired) electrons. The molecule has 0 spiro atoms. The van der Waals surface area contributed by atoms with E-state index in [1.54, 1.807) is 36.4 Å². The molecule has 4 aromatic carbocycles. The van der Waals surface area contributed by atoms with Gasteiger partial charge in [0.15, 0.2) is 0 Å². The predicted octanol–water partition coefficient (Wildman–Crippen LogP) is 7.39. The molecule has 0 heterocycles. The van der Waals surface area contributed by atoms with Gasteiger partial charge in [0.1, 0.15) is 29.7 Å². The number of methoxy groups -OCH3 is 1. The second-order valence-corrected chi connectivity index (χ2v) is 8.88. The van der Waals surface area contributed by atoms with Gasteiger partial charge >= 0.3 is 0 Å². The van der Waals surface area contributed by atoms with Gasteiger partial charge < -0.3 is 14.8 Å². The summed E-state index contributed by atoms with van der Waals surface area (Å²) < 4.78 is 12.0. The first-order chi connectivity index (χ1) is 17.0. The number of nitrogens with one attached hydrogen (secondary N) is 1. The molecular weight excluding hydrogens is 528 g/mol. The molecule has 0 saturated carbocycles. The summed E-state index contributed by atoms with van der Waals surface area (Å²) in [5.41, 5.74) is 2.06. The highest BCUT2D eigenvalue weighted by atomic mass is 79.9. The standard InChI is InChI=1S/C28H20BrClN2O3/c1-34-27-12-10-22(30)15-25(27)32-28(33)21(16-31)13-18-9-11-26(24(29)14-18)35-17-20-7-4-6-19-5-2-3-8-23(19)20/h2-15H,17H2,1H3,(H,32,33)/b21-13+. The van der Waals surface area contributed by atoms with E-state index in [4.69, 9.17) is 21.1 Å². The van der Waals surface area contributed by atoms with Crippen LogP contribution >= 0.6 is 27.5 Å². The molecule has 174 valence electrons. The zero-order chi connectivity index (χ0) is 24.8. The third kappa shape index (κ3) is 5.83. The van der Waals surface area contributed by atoms with Crippen molar-refractivity contribution in [1.82, 2.24) is 0 Å². The minimum Gasteiger partial charge on any atom is -0.495 e. The maximum Gasteiger partial charge on any atom is 0.266 e. The van der Waals surface area contributed by atoms with E-state index in [-0.39, 0.29) is 5.57 Å². The van der Waals surface area contributed by atoms with Gasteiger partial charge in [0.25, 0.3) is 5.91 Å². The van der Waals surface area contributed by atoms with Crippen LogP contribution in [0.5, 0.6) is 11.5 Å². The van der Waals surface area contributed by atoms with Crippen LogP contribution in [0.4, 0.5) is 5.69 Å². The van der Waals surface area contributed by atoms with Gasteiger partial charge in [0.2, 0.25) is 0 Å². The van der Waals surface area contributed by atoms with Crippen LogP contribution in [-0.2, 0) is 11.4 Å². The molecule has 0 aliphatic carbocycles. The van der Waals surface area contributed by atoms with Gasteiger partial charge in [-0.05, 0) is 74.2 Å². The van der Waals surface area contributed by atoms with Crippen LogP contribution < -0.4 is 14.8 Å². The lowest BCUT2D eigenvalue weighted by Crippen LogP contribution is -2.14. The Morgan fingerprint density at radius 3 is 2.60 bits per heavy atom. The number of carbonyl (C=O) groups excluding carboxylic acids is 1. The normalized spacial score (nSPS) is 11.1. The number of hydrogen-bond acceptors (Lipinski definition) is 4. The molecule has 0 atom stereocenters. The maximum absolute atomic E-state index is 12.7. The average Bonchev–Trinajstić information content (AvgIpc) is 2.87. The molecule has 4 aromatic rings. The quantitative estimate of drug-likeness (QED) is 0.193. The minimum atomic E-state index is -0.569. The van der Waals surface area contributed by atoms with Crippen molar-refractivity contribution in [2.45, 2.75) is 6.61 Å². The molecule has 1 amide bonds. The van der Waals surface area contributed by atoms with E-state index in [2.05, 4.69) is 39.4 Å². The molecule has 0 aliphatic rings. The fourth-order valence-electron chi connectivity index (χ4n) is 3.58. The first kappa shape index (κ1) is 24.3. The number of ether oxygens (including phenoxy) is 2. The lowest BCUT2D eigenvalue weighted by atomic mass is 10.1. The number of carbonyl (C=O) groups is 1. The van der Waals surface area contributed by atoms with Crippen molar-refractivity contribution in [2.75, 3.05) is 12.4 Å². The van der Waals surface area contributed by atoms with Crippen LogP contribution in [0.1, 0.15) is 11.1 Å². The second-order valence-electron chi connectivity index (χ2n) is 7.59. The van der Waals surface area contributed by atoms with Crippen molar-refractivity contribution in [1.29, 1.82) is 5.26 Å². The van der Waals surface area contributed by atoms with E-state index in [0.717, 1.165) is 16.3 Å². The van der Waals surface area contributed by atoms with Gasteiger partial charge in [-0.3, -0.25) is 4.79 Å². The molecule has 0 unspecified atom stereocenters. The van der Waals surface area contributed by atoms with E-state index in [0.29, 0.717) is 38.9 Å². The van der Waals surface area contributed by atoms with Crippen LogP contribution in [0.15, 0.2) is 88.9 Å². The fourth-order valence-corrected chi connectivity index (χ4v) is 4.26. The van der Waals surface area contributed by atoms with Gasteiger partial charge in [0.05, 0.1) is 17.3 Å². The van der Waals surface area contributed by atoms with Gasteiger partial charge in [-0.25, -0.2) is 0 Å². The second kappa shape index (κ2) is 11.1. The molecule has 35 heavy (non-hydrogen) atoms. The molecule has 5 nitrogen and oxygen atoms in total. The van der Waals surface area contributed by atoms with Crippen molar-refractivity contribution in [3.63, 3.8) is 0 Å². The molecule has 0 saturated heterocycles. The third-order valence-electron chi connectivity index (χ3n) is 5.30. The fraction of sp³-hybridized carbons (Fsp3) is 0.0714. The number of rotatable bonds is 7. The average molecular weight is 548 g/mol. The summed E-state index contributed by atoms with van der Waals surface area (Å²) in [6, 6.07) is 26.5. The van der Waals surface area contributed by atoms with Crippen LogP contribution in [0.3, 0.4) is 0 Å². The Labute approximate surface area is 216 Å². The Morgan fingerprint density at radius 1 is 1.06 bits per heavy atom. The van der Waals surface area contributed by atoms with Crippen molar-refractivity contribution in [3.05, 3.63) is 105 Å². The van der Waals surface area contributed by atoms with Gasteiger partial charge in [-0.1, -0.05) is 60.1 Å². The van der Waals surface area contributed by atoms with Crippen LogP contribution in [0, 0.1) is 11.3 Å². The lowest BCUT2D eigenvalue weighted by Gasteiger charge is -2.11. The number of nitrogens with zero attached hydrogens (tertiary/aromatic N) is 1. The first-order valence-electron chi connectivity index (χ1n) is 10.6. The largest absolute Gasteiger partial charge is 0.495 e. The van der Waals surface area contributed by atoms with E-state index >= 15 is 0 Å². The van der Waals surface area contributed by atoms with Gasteiger partial charge in [0, 0.05) is 5.02 Å². The number of halogens is 2. The van der Waals surface area contributed by atoms with E-state index < -0.39 is 5.91 Å². The van der Waals surface area contributed by atoms with Crippen LogP contribution in [-0.4, -0.2) is 13.0 Å². The van der Waals surface area contributed by atoms with E-state index in [1.807, 2.05) is 30.3 Å². The van der Waals surface area contributed by atoms with Gasteiger partial charge in [-0.15, -0.1) is 0 Å². The lowest BCUT2D eigenvalue weighted by molar-refractivity contribution is -0.112. The molecule has 0 fully saturated rings. The first-order valence-corrected chi connectivity index (χ1v) is 11.8. The molecule has 7 heteroatoms. The Balaban J connectivity index is 1.50. The Bertz CT molecular complexity index is 1470. The molecule has 0 bridgehead atoms. The summed E-state index contributed by atoms with van der Waals surface area (Å²) in [5, 5.41) is 15.0. The Kier molecular flexibility index (Phi) is 7.71. The van der Waals surface area contributed by atoms with Crippen molar-refractivity contribution >= 4 is 56.0 Å². The summed E-state index contributed by atoms with van der Waals surface area (Å²) in [5.74, 6) is 0.526. The number of anilines is 1. The SMILES string of the molecule is COc1ccc(Cl)cc1NC(=O)/C(C#N)=C/c1ccc(OCc2cccc3ccccc23)c(Br)c1. The summed E-state index contributed by atoms with van der Waals surface area (Å²) in [6.45, 7) is 0.405. The van der Waals surface area contributed by atoms with E-state index in [9.17, 15) is 10.1 Å². The highest BCUT2D eigenvalue weighted by molar-refractivity contribution is 9.10. The summed E-state index contributed by atoms with van der Waals surface area (Å²) in [4.78, 5) is 12.7. The smallest absolute Gasteiger partial charge is 0.266 e. The molecular formula is C28H20BrClN2O3. The maximum atomic E-state index is 12.7. The number of fused-ring (bicyclic) bond motifs is 1. The Hall–Kier alpha value is -3.79. The molecule has 1 N–H and O–H groups in total. The topological polar surface area (TPSA) is 71.3 Å². The highest BCUT2D eigenvalue weighted by Crippen LogP contribution is 2.30. The van der Waals surface area contributed by atoms with E-state index in [1.165, 1.54) is 13.2 Å². The van der Waals surface area contributed by atoms with Gasteiger partial charge in [-0.2, -0.15) is 5.26 Å². The summed E-state index contributed by atoms with van der Waals surface area (Å²) in [7, 11) is 1.49. The zero-order valence-electron chi connectivity index (χ0n) is 18.7. The predicted molar refractivity (Wildman–Crippen MR) is 143 cm³/mol. The minimum absolute atomic E-state index is 0.0663. The number of benzene rings is 4. The van der Waals surface area contributed by atoms with Crippen molar-refractivity contribution in [3.8, 4) is 17.6 Å². The molecule has 0 aromatic heterocycles. The third-order valence-corrected chi connectivity index (χ3v) is 6.16. The Morgan fingerprint density at radius 2 is 1.83 bits per heavy atom.